The zero-order chi connectivity index (χ0) is 7.56. The Morgan fingerprint density at radius 2 is 2.40 bits per heavy atom. The number of aryl methyl sites for hydroxylation is 1. The minimum Gasteiger partial charge on any atom is -0.467 e. The molecule has 0 radical (unpaired) electrons. The van der Waals surface area contributed by atoms with Crippen molar-refractivity contribution in [1.82, 2.24) is 14.8 Å². The number of hydrogen-bond acceptors (Lipinski definition) is 4. The van der Waals surface area contributed by atoms with Gasteiger partial charge < -0.3 is 4.74 Å². The van der Waals surface area contributed by atoms with Gasteiger partial charge >= 0.3 is 6.01 Å². The first kappa shape index (κ1) is 6.73. The second kappa shape index (κ2) is 2.47. The summed E-state index contributed by atoms with van der Waals surface area (Å²) in [6.07, 6.45) is 1.13. The normalized spacial score (nSPS) is 9.40. The van der Waals surface area contributed by atoms with E-state index >= 15 is 0 Å². The van der Waals surface area contributed by atoms with Gasteiger partial charge in [-0.05, 0) is 0 Å². The lowest BCUT2D eigenvalue weighted by Gasteiger charge is -2.00. The van der Waals surface area contributed by atoms with E-state index in [0.29, 0.717) is 0 Å². The third kappa shape index (κ3) is 1.12. The molecule has 5 heteroatoms. The number of nitrogens with zero attached hydrogens (tertiary/aromatic N) is 3. The molecule has 0 aromatic carbocycles. The van der Waals surface area contributed by atoms with Crippen molar-refractivity contribution >= 4 is 0 Å². The predicted molar refractivity (Wildman–Crippen MR) is 33.8 cm³/mol. The monoisotopic (exact) mass is 141 g/mol. The average Bonchev–Trinajstić information content (AvgIpc) is 1.94. The Morgan fingerprint density at radius 3 is 2.90 bits per heavy atom. The zero-order valence-electron chi connectivity index (χ0n) is 5.74. The van der Waals surface area contributed by atoms with Crippen molar-refractivity contribution in [3.05, 3.63) is 16.6 Å². The molecule has 1 aromatic rings. The molecule has 0 fully saturated rings. The summed E-state index contributed by atoms with van der Waals surface area (Å²) in [5.74, 6) is 0. The Labute approximate surface area is 57.3 Å². The molecule has 0 aliphatic carbocycles. The summed E-state index contributed by atoms with van der Waals surface area (Å²) in [6.45, 7) is 0. The molecule has 0 saturated carbocycles. The molecule has 0 amide bonds. The first-order valence-electron chi connectivity index (χ1n) is 2.68. The lowest BCUT2D eigenvalue weighted by molar-refractivity contribution is 0.344. The molecule has 0 spiro atoms. The van der Waals surface area contributed by atoms with Crippen molar-refractivity contribution in [3.63, 3.8) is 0 Å². The van der Waals surface area contributed by atoms with Crippen molar-refractivity contribution in [3.8, 4) is 6.01 Å². The second-order valence-electron chi connectivity index (χ2n) is 1.70. The smallest absolute Gasteiger partial charge is 0.316 e. The van der Waals surface area contributed by atoms with E-state index in [1.165, 1.54) is 11.8 Å². The number of methoxy groups -OCH3 is 1. The van der Waals surface area contributed by atoms with Gasteiger partial charge in [0.2, 0.25) is 0 Å². The summed E-state index contributed by atoms with van der Waals surface area (Å²) in [6, 6.07) is 0.215. The van der Waals surface area contributed by atoms with Crippen LogP contribution in [0, 0.1) is 0 Å². The van der Waals surface area contributed by atoms with Crippen LogP contribution in [0.3, 0.4) is 0 Å². The summed E-state index contributed by atoms with van der Waals surface area (Å²) in [5, 5.41) is 3.67. The van der Waals surface area contributed by atoms with E-state index < -0.39 is 5.56 Å². The van der Waals surface area contributed by atoms with E-state index in [9.17, 15) is 4.79 Å². The largest absolute Gasteiger partial charge is 0.467 e. The van der Waals surface area contributed by atoms with Crippen LogP contribution in [0.25, 0.3) is 0 Å². The highest BCUT2D eigenvalue weighted by Crippen LogP contribution is 1.93. The molecular weight excluding hydrogens is 134 g/mol. The third-order valence-corrected chi connectivity index (χ3v) is 1.01. The summed E-state index contributed by atoms with van der Waals surface area (Å²) in [5.41, 5.74) is -0.394. The molecule has 0 aliphatic rings. The Kier molecular flexibility index (Phi) is 1.66. The minimum absolute atomic E-state index is 0.215. The molecule has 0 bridgehead atoms. The lowest BCUT2D eigenvalue weighted by Crippen LogP contribution is -2.14. The van der Waals surface area contributed by atoms with Crippen LogP contribution < -0.4 is 10.3 Å². The summed E-state index contributed by atoms with van der Waals surface area (Å²) in [7, 11) is 3.08. The molecule has 10 heavy (non-hydrogen) atoms. The van der Waals surface area contributed by atoms with E-state index in [-0.39, 0.29) is 6.01 Å². The maximum atomic E-state index is 10.5. The SMILES string of the molecule is COc1nc(=O)cnn1C. The minimum atomic E-state index is -0.394. The molecular formula is C5H7N3O2. The molecule has 0 saturated heterocycles. The van der Waals surface area contributed by atoms with Crippen LogP contribution in [0.2, 0.25) is 0 Å². The highest BCUT2D eigenvalue weighted by atomic mass is 16.5. The van der Waals surface area contributed by atoms with Gasteiger partial charge in [0.1, 0.15) is 6.20 Å². The van der Waals surface area contributed by atoms with Crippen molar-refractivity contribution in [2.75, 3.05) is 7.11 Å². The second-order valence-corrected chi connectivity index (χ2v) is 1.70. The van der Waals surface area contributed by atoms with Crippen LogP contribution >= 0.6 is 0 Å². The molecule has 0 unspecified atom stereocenters. The van der Waals surface area contributed by atoms with E-state index in [1.807, 2.05) is 0 Å². The van der Waals surface area contributed by atoms with Crippen molar-refractivity contribution < 1.29 is 4.74 Å². The first-order valence-corrected chi connectivity index (χ1v) is 2.68. The Bertz CT molecular complexity index is 280. The van der Waals surface area contributed by atoms with Crippen molar-refractivity contribution in [2.24, 2.45) is 7.05 Å². The Morgan fingerprint density at radius 1 is 1.70 bits per heavy atom. The predicted octanol–water partition coefficient (Wildman–Crippen LogP) is -0.816. The third-order valence-electron chi connectivity index (χ3n) is 1.01. The maximum absolute atomic E-state index is 10.5. The van der Waals surface area contributed by atoms with Gasteiger partial charge in [-0.15, -0.1) is 0 Å². The van der Waals surface area contributed by atoms with Gasteiger partial charge in [-0.25, -0.2) is 4.68 Å². The van der Waals surface area contributed by atoms with Crippen LogP contribution in [-0.4, -0.2) is 21.9 Å². The quantitative estimate of drug-likeness (QED) is 0.513. The Balaban J connectivity index is 3.22. The molecule has 1 heterocycles. The van der Waals surface area contributed by atoms with Gasteiger partial charge in [-0.3, -0.25) is 4.79 Å². The topological polar surface area (TPSA) is 57.0 Å². The van der Waals surface area contributed by atoms with Crippen LogP contribution in [0.15, 0.2) is 11.0 Å². The molecule has 5 nitrogen and oxygen atoms in total. The van der Waals surface area contributed by atoms with Gasteiger partial charge in [0.15, 0.2) is 0 Å². The van der Waals surface area contributed by atoms with E-state index in [2.05, 4.69) is 10.1 Å². The Hall–Kier alpha value is -1.39. The lowest BCUT2D eigenvalue weighted by atomic mass is 10.8. The van der Waals surface area contributed by atoms with Gasteiger partial charge in [-0.1, -0.05) is 0 Å². The fourth-order valence-electron chi connectivity index (χ4n) is 0.559. The number of ether oxygens (including phenoxy) is 1. The molecule has 0 atom stereocenters. The van der Waals surface area contributed by atoms with Crippen LogP contribution in [-0.2, 0) is 7.05 Å². The van der Waals surface area contributed by atoms with E-state index in [4.69, 9.17) is 4.74 Å². The summed E-state index contributed by atoms with van der Waals surface area (Å²) in [4.78, 5) is 14.0. The summed E-state index contributed by atoms with van der Waals surface area (Å²) < 4.78 is 6.09. The molecule has 0 N–H and O–H groups in total. The van der Waals surface area contributed by atoms with Crippen LogP contribution in [0.5, 0.6) is 6.01 Å². The van der Waals surface area contributed by atoms with Crippen LogP contribution in [0.1, 0.15) is 0 Å². The fraction of sp³-hybridized carbons (Fsp3) is 0.400. The summed E-state index contributed by atoms with van der Waals surface area (Å²) >= 11 is 0. The average molecular weight is 141 g/mol. The molecule has 1 rings (SSSR count). The first-order chi connectivity index (χ1) is 4.74. The van der Waals surface area contributed by atoms with Gasteiger partial charge in [0, 0.05) is 7.05 Å². The number of aromatic nitrogens is 3. The van der Waals surface area contributed by atoms with Crippen molar-refractivity contribution in [1.29, 1.82) is 0 Å². The fourth-order valence-corrected chi connectivity index (χ4v) is 0.559. The highest BCUT2D eigenvalue weighted by molar-refractivity contribution is 4.89. The molecule has 54 valence electrons. The van der Waals surface area contributed by atoms with E-state index in [1.54, 1.807) is 7.05 Å². The molecule has 0 aliphatic heterocycles. The maximum Gasteiger partial charge on any atom is 0.316 e. The zero-order valence-corrected chi connectivity index (χ0v) is 5.74. The number of rotatable bonds is 1. The molecule has 1 aromatic heterocycles. The highest BCUT2D eigenvalue weighted by Gasteiger charge is 1.96. The number of hydrogen-bond donors (Lipinski definition) is 0. The van der Waals surface area contributed by atoms with Crippen LogP contribution in [0.4, 0.5) is 0 Å². The van der Waals surface area contributed by atoms with Gasteiger partial charge in [-0.2, -0.15) is 10.1 Å². The standard InChI is InChI=1S/C5H7N3O2/c1-8-5(10-2)7-4(9)3-6-8/h3H,1-2H3. The van der Waals surface area contributed by atoms with Crippen molar-refractivity contribution in [2.45, 2.75) is 0 Å². The van der Waals surface area contributed by atoms with Gasteiger partial charge in [0.05, 0.1) is 7.11 Å². The van der Waals surface area contributed by atoms with Gasteiger partial charge in [0.25, 0.3) is 5.56 Å². The van der Waals surface area contributed by atoms with E-state index in [0.717, 1.165) is 6.20 Å².